The molecule has 0 aliphatic rings. The molecule has 1 rings (SSSR count). The van der Waals surface area contributed by atoms with Crippen LogP contribution in [0.3, 0.4) is 0 Å². The molecule has 0 atom stereocenters. The summed E-state index contributed by atoms with van der Waals surface area (Å²) in [6.45, 7) is 0. The maximum atomic E-state index is 9.10. The molecule has 0 unspecified atom stereocenters. The number of hydrogen-bond acceptors (Lipinski definition) is 1. The molecule has 0 amide bonds. The number of phenolic OH excluding ortho intramolecular Hbond substituents is 1. The van der Waals surface area contributed by atoms with Crippen LogP contribution < -0.4 is 0 Å². The van der Waals surface area contributed by atoms with Crippen LogP contribution >= 0.6 is 46.4 Å². The third-order valence-corrected chi connectivity index (χ3v) is 2.63. The van der Waals surface area contributed by atoms with Crippen LogP contribution in [0.15, 0.2) is 6.07 Å². The van der Waals surface area contributed by atoms with Crippen molar-refractivity contribution in [3.63, 3.8) is 0 Å². The molecule has 0 aromatic heterocycles. The molecule has 12 heavy (non-hydrogen) atoms. The van der Waals surface area contributed by atoms with Crippen LogP contribution in [0.5, 0.6) is 5.75 Å². The Bertz CT molecular complexity index is 276. The van der Waals surface area contributed by atoms with E-state index in [1.807, 2.05) is 0 Å². The van der Waals surface area contributed by atoms with Gasteiger partial charge in [-0.15, -0.1) is 0 Å². The summed E-state index contributed by atoms with van der Waals surface area (Å²) < 4.78 is 0. The molecule has 0 heterocycles. The Labute approximate surface area is 112 Å². The Morgan fingerprint density at radius 3 is 1.92 bits per heavy atom. The average molecular weight is 255 g/mol. The maximum absolute atomic E-state index is 9.10. The van der Waals surface area contributed by atoms with Crippen molar-refractivity contribution < 1.29 is 5.11 Å². The zero-order valence-electron chi connectivity index (χ0n) is 6.04. The molecule has 0 aliphatic heterocycles. The summed E-state index contributed by atoms with van der Waals surface area (Å²) >= 11 is 22.2. The van der Waals surface area contributed by atoms with Crippen molar-refractivity contribution >= 4 is 76.0 Å². The Morgan fingerprint density at radius 2 is 1.42 bits per heavy atom. The fourth-order valence-corrected chi connectivity index (χ4v) is 1.46. The van der Waals surface area contributed by atoms with Crippen molar-refractivity contribution in [2.24, 2.45) is 0 Å². The molecule has 0 aliphatic carbocycles. The Kier molecular flexibility index (Phi) is 5.67. The summed E-state index contributed by atoms with van der Waals surface area (Å²) in [5, 5.41) is 9.50. The van der Waals surface area contributed by atoms with Crippen molar-refractivity contribution in [2.75, 3.05) is 0 Å². The van der Waals surface area contributed by atoms with Crippen LogP contribution in [-0.4, -0.2) is 34.7 Å². The second kappa shape index (κ2) is 5.16. The number of aromatic hydroxyl groups is 1. The van der Waals surface area contributed by atoms with E-state index in [9.17, 15) is 0 Å². The molecule has 1 nitrogen and oxygen atoms in total. The zero-order valence-corrected chi connectivity index (χ0v) is 11.1. The number of hydrogen-bond donors (Lipinski definition) is 1. The molecule has 1 aromatic rings. The molecule has 0 bridgehead atoms. The SMILES string of the molecule is Oc1c(Cl)cc(Cl)c(Cl)c1Cl.[Na]. The number of phenols is 1. The van der Waals surface area contributed by atoms with Crippen molar-refractivity contribution in [3.8, 4) is 5.75 Å². The number of halogens is 4. The molecular formula is C6H2Cl4NaO. The molecule has 0 fully saturated rings. The molecule has 1 N–H and O–H groups in total. The second-order valence-corrected chi connectivity index (χ2v) is 3.39. The van der Waals surface area contributed by atoms with E-state index in [0.717, 1.165) is 0 Å². The third-order valence-electron chi connectivity index (χ3n) is 1.09. The minimum Gasteiger partial charge on any atom is -0.505 e. The van der Waals surface area contributed by atoms with E-state index >= 15 is 0 Å². The average Bonchev–Trinajstić information content (AvgIpc) is 1.97. The van der Waals surface area contributed by atoms with Gasteiger partial charge in [0.25, 0.3) is 0 Å². The smallest absolute Gasteiger partial charge is 0.154 e. The van der Waals surface area contributed by atoms with Gasteiger partial charge in [-0.3, -0.25) is 0 Å². The molecule has 1 radical (unpaired) electrons. The van der Waals surface area contributed by atoms with Crippen LogP contribution in [0.25, 0.3) is 0 Å². The topological polar surface area (TPSA) is 20.2 Å². The first-order valence-electron chi connectivity index (χ1n) is 2.56. The van der Waals surface area contributed by atoms with Gasteiger partial charge in [0, 0.05) is 29.6 Å². The monoisotopic (exact) mass is 253 g/mol. The minimum absolute atomic E-state index is 0. The molecule has 0 spiro atoms. The molecular weight excluding hydrogens is 253 g/mol. The van der Waals surface area contributed by atoms with E-state index < -0.39 is 0 Å². The quantitative estimate of drug-likeness (QED) is 0.426. The summed E-state index contributed by atoms with van der Waals surface area (Å²) in [5.41, 5.74) is 0. The van der Waals surface area contributed by atoms with Gasteiger partial charge in [0.2, 0.25) is 0 Å². The van der Waals surface area contributed by atoms with Gasteiger partial charge in [0.05, 0.1) is 15.1 Å². The summed E-state index contributed by atoms with van der Waals surface area (Å²) in [6.07, 6.45) is 0. The van der Waals surface area contributed by atoms with Gasteiger partial charge in [-0.05, 0) is 6.07 Å². The van der Waals surface area contributed by atoms with Gasteiger partial charge in [-0.25, -0.2) is 0 Å². The van der Waals surface area contributed by atoms with Gasteiger partial charge in [0.15, 0.2) is 5.75 Å². The third kappa shape index (κ3) is 2.58. The van der Waals surface area contributed by atoms with E-state index in [0.29, 0.717) is 0 Å². The van der Waals surface area contributed by atoms with Crippen LogP contribution in [0.1, 0.15) is 0 Å². The first-order chi connectivity index (χ1) is 5.04. The normalized spacial score (nSPS) is 9.33. The van der Waals surface area contributed by atoms with E-state index in [-0.39, 0.29) is 55.4 Å². The maximum Gasteiger partial charge on any atom is 0.154 e. The van der Waals surface area contributed by atoms with E-state index in [4.69, 9.17) is 51.5 Å². The fourth-order valence-electron chi connectivity index (χ4n) is 0.557. The summed E-state index contributed by atoms with van der Waals surface area (Å²) in [6, 6.07) is 1.33. The first kappa shape index (κ1) is 13.2. The molecule has 0 saturated heterocycles. The van der Waals surface area contributed by atoms with Crippen LogP contribution in [0.4, 0.5) is 0 Å². The van der Waals surface area contributed by atoms with Crippen LogP contribution in [-0.2, 0) is 0 Å². The van der Waals surface area contributed by atoms with Crippen molar-refractivity contribution in [2.45, 2.75) is 0 Å². The molecule has 6 heteroatoms. The predicted octanol–water partition coefficient (Wildman–Crippen LogP) is 3.62. The minimum atomic E-state index is -0.247. The van der Waals surface area contributed by atoms with Crippen LogP contribution in [0.2, 0.25) is 20.1 Å². The van der Waals surface area contributed by atoms with Gasteiger partial charge >= 0.3 is 0 Å². The molecule has 1 aromatic carbocycles. The molecule has 61 valence electrons. The van der Waals surface area contributed by atoms with E-state index in [1.165, 1.54) is 6.07 Å². The number of rotatable bonds is 0. The standard InChI is InChI=1S/C6H2Cl4O.Na/c7-2-1-3(8)6(11)5(10)4(2)9;/h1,11H;. The van der Waals surface area contributed by atoms with E-state index in [2.05, 4.69) is 0 Å². The van der Waals surface area contributed by atoms with Crippen molar-refractivity contribution in [1.82, 2.24) is 0 Å². The fraction of sp³-hybridized carbons (Fsp3) is 0. The van der Waals surface area contributed by atoms with Gasteiger partial charge in [-0.1, -0.05) is 46.4 Å². The van der Waals surface area contributed by atoms with Crippen molar-refractivity contribution in [3.05, 3.63) is 26.2 Å². The van der Waals surface area contributed by atoms with Gasteiger partial charge in [0.1, 0.15) is 5.02 Å². The largest absolute Gasteiger partial charge is 0.505 e. The number of benzene rings is 1. The van der Waals surface area contributed by atoms with Gasteiger partial charge < -0.3 is 5.11 Å². The molecule has 0 saturated carbocycles. The Hall–Kier alpha value is 1.18. The summed E-state index contributed by atoms with van der Waals surface area (Å²) in [5.74, 6) is -0.247. The summed E-state index contributed by atoms with van der Waals surface area (Å²) in [4.78, 5) is 0. The predicted molar refractivity (Wildman–Crippen MR) is 53.9 cm³/mol. The Morgan fingerprint density at radius 1 is 0.917 bits per heavy atom. The van der Waals surface area contributed by atoms with Crippen LogP contribution in [0, 0.1) is 0 Å². The summed E-state index contributed by atoms with van der Waals surface area (Å²) in [7, 11) is 0. The van der Waals surface area contributed by atoms with E-state index in [1.54, 1.807) is 0 Å². The van der Waals surface area contributed by atoms with Crippen molar-refractivity contribution in [1.29, 1.82) is 0 Å². The first-order valence-corrected chi connectivity index (χ1v) is 4.07. The Balaban J connectivity index is 0.00000121. The second-order valence-electron chi connectivity index (χ2n) is 1.82. The zero-order chi connectivity index (χ0) is 8.59. The van der Waals surface area contributed by atoms with Gasteiger partial charge in [-0.2, -0.15) is 0 Å².